The summed E-state index contributed by atoms with van der Waals surface area (Å²) in [5.74, 6) is 1.89. The summed E-state index contributed by atoms with van der Waals surface area (Å²) in [5.41, 5.74) is 1.33. The molecule has 2 aromatic heterocycles. The Morgan fingerprint density at radius 3 is 2.67 bits per heavy atom. The number of fused-ring (bicyclic) bond motifs is 1. The fourth-order valence-corrected chi connectivity index (χ4v) is 2.43. The van der Waals surface area contributed by atoms with Crippen LogP contribution in [0.1, 0.15) is 23.2 Å². The molecule has 0 fully saturated rings. The van der Waals surface area contributed by atoms with Crippen molar-refractivity contribution < 1.29 is 4.42 Å². The fourth-order valence-electron chi connectivity index (χ4n) is 2.22. The van der Waals surface area contributed by atoms with Crippen molar-refractivity contribution in [2.75, 3.05) is 0 Å². The van der Waals surface area contributed by atoms with E-state index in [4.69, 9.17) is 16.0 Å². The second-order valence-electron chi connectivity index (χ2n) is 4.82. The average molecular weight is 304 g/mol. The van der Waals surface area contributed by atoms with Gasteiger partial charge >= 0.3 is 0 Å². The van der Waals surface area contributed by atoms with Crippen molar-refractivity contribution in [3.8, 4) is 0 Å². The molecule has 0 amide bonds. The van der Waals surface area contributed by atoms with Gasteiger partial charge in [0.1, 0.15) is 18.1 Å². The van der Waals surface area contributed by atoms with Crippen molar-refractivity contribution in [3.63, 3.8) is 0 Å². The molecule has 0 N–H and O–H groups in total. The summed E-state index contributed by atoms with van der Waals surface area (Å²) >= 11 is 5.93. The Morgan fingerprint density at radius 1 is 1.24 bits per heavy atom. The molecule has 0 aliphatic rings. The number of aromatic nitrogens is 3. The van der Waals surface area contributed by atoms with Gasteiger partial charge in [-0.05, 0) is 26.0 Å². The SMILES string of the molecule is Cc1nc(Cn2c(CCl)nc3ccccc3c2=O)oc1C. The molecule has 0 aliphatic heterocycles. The summed E-state index contributed by atoms with van der Waals surface area (Å²) in [5, 5.41) is 0.561. The van der Waals surface area contributed by atoms with E-state index in [9.17, 15) is 4.79 Å². The van der Waals surface area contributed by atoms with E-state index in [-0.39, 0.29) is 18.0 Å². The van der Waals surface area contributed by atoms with Crippen LogP contribution in [0.5, 0.6) is 0 Å². The lowest BCUT2D eigenvalue weighted by atomic mass is 10.2. The van der Waals surface area contributed by atoms with E-state index in [0.717, 1.165) is 11.5 Å². The number of hydrogen-bond acceptors (Lipinski definition) is 4. The monoisotopic (exact) mass is 303 g/mol. The number of oxazole rings is 1. The predicted molar refractivity (Wildman–Crippen MR) is 80.6 cm³/mol. The highest BCUT2D eigenvalue weighted by Crippen LogP contribution is 2.13. The normalized spacial score (nSPS) is 11.2. The molecule has 0 saturated heterocycles. The Hall–Kier alpha value is -2.14. The van der Waals surface area contributed by atoms with Crippen LogP contribution in [0.4, 0.5) is 0 Å². The van der Waals surface area contributed by atoms with Crippen LogP contribution in [-0.2, 0) is 12.4 Å². The first kappa shape index (κ1) is 13.8. The van der Waals surface area contributed by atoms with Crippen LogP contribution in [0, 0.1) is 13.8 Å². The Kier molecular flexibility index (Phi) is 3.51. The first-order chi connectivity index (χ1) is 10.1. The van der Waals surface area contributed by atoms with E-state index < -0.39 is 0 Å². The van der Waals surface area contributed by atoms with Crippen LogP contribution in [0.25, 0.3) is 10.9 Å². The zero-order valence-electron chi connectivity index (χ0n) is 11.8. The van der Waals surface area contributed by atoms with Gasteiger partial charge in [0.05, 0.1) is 22.5 Å². The molecule has 0 radical (unpaired) electrons. The van der Waals surface area contributed by atoms with Crippen molar-refractivity contribution in [3.05, 3.63) is 57.8 Å². The molecule has 0 unspecified atom stereocenters. The molecule has 3 rings (SSSR count). The van der Waals surface area contributed by atoms with Crippen LogP contribution >= 0.6 is 11.6 Å². The van der Waals surface area contributed by atoms with Gasteiger partial charge in [-0.2, -0.15) is 0 Å². The molecule has 3 aromatic rings. The summed E-state index contributed by atoms with van der Waals surface area (Å²) in [6, 6.07) is 7.22. The molecule has 1 aromatic carbocycles. The van der Waals surface area contributed by atoms with Gasteiger partial charge in [0, 0.05) is 0 Å². The molecule has 0 atom stereocenters. The standard InChI is InChI=1S/C15H14ClN3O2/c1-9-10(2)21-14(17-9)8-19-13(7-16)18-12-6-4-3-5-11(12)15(19)20/h3-6H,7-8H2,1-2H3. The van der Waals surface area contributed by atoms with Gasteiger partial charge in [-0.1, -0.05) is 12.1 Å². The second-order valence-corrected chi connectivity index (χ2v) is 5.09. The molecule has 0 spiro atoms. The molecular formula is C15H14ClN3O2. The van der Waals surface area contributed by atoms with Crippen molar-refractivity contribution >= 4 is 22.5 Å². The van der Waals surface area contributed by atoms with Gasteiger partial charge in [0.25, 0.3) is 5.56 Å². The first-order valence-corrected chi connectivity index (χ1v) is 7.11. The largest absolute Gasteiger partial charge is 0.444 e. The molecule has 0 aliphatic carbocycles. The minimum absolute atomic E-state index is 0.134. The van der Waals surface area contributed by atoms with Crippen LogP contribution in [0.3, 0.4) is 0 Å². The zero-order valence-corrected chi connectivity index (χ0v) is 12.5. The van der Waals surface area contributed by atoms with Crippen LogP contribution in [0.15, 0.2) is 33.5 Å². The molecule has 21 heavy (non-hydrogen) atoms. The van der Waals surface area contributed by atoms with Gasteiger partial charge in [-0.25, -0.2) is 9.97 Å². The molecule has 5 nitrogen and oxygen atoms in total. The van der Waals surface area contributed by atoms with Gasteiger partial charge in [-0.3, -0.25) is 9.36 Å². The first-order valence-electron chi connectivity index (χ1n) is 6.57. The Morgan fingerprint density at radius 2 is 2.00 bits per heavy atom. The number of rotatable bonds is 3. The Bertz CT molecular complexity index is 847. The third kappa shape index (κ3) is 2.45. The number of benzene rings is 1. The molecule has 0 saturated carbocycles. The van der Waals surface area contributed by atoms with Crippen LogP contribution < -0.4 is 5.56 Å². The summed E-state index contributed by atoms with van der Waals surface area (Å²) in [4.78, 5) is 21.3. The van der Waals surface area contributed by atoms with Crippen LogP contribution in [-0.4, -0.2) is 14.5 Å². The second kappa shape index (κ2) is 5.33. The number of halogens is 1. The van der Waals surface area contributed by atoms with Gasteiger partial charge < -0.3 is 4.42 Å². The highest BCUT2D eigenvalue weighted by atomic mass is 35.5. The summed E-state index contributed by atoms with van der Waals surface area (Å²) in [6.45, 7) is 3.94. The van der Waals surface area contributed by atoms with Gasteiger partial charge in [0.15, 0.2) is 0 Å². The molecule has 108 valence electrons. The number of para-hydroxylation sites is 1. The molecular weight excluding hydrogens is 290 g/mol. The van der Waals surface area contributed by atoms with Crippen molar-refractivity contribution in [2.45, 2.75) is 26.3 Å². The molecule has 0 bridgehead atoms. The summed E-state index contributed by atoms with van der Waals surface area (Å²) in [6.07, 6.45) is 0. The quantitative estimate of drug-likeness (QED) is 0.698. The van der Waals surface area contributed by atoms with E-state index in [1.54, 1.807) is 12.1 Å². The minimum atomic E-state index is -0.134. The minimum Gasteiger partial charge on any atom is -0.444 e. The topological polar surface area (TPSA) is 60.9 Å². The lowest BCUT2D eigenvalue weighted by molar-refractivity contribution is 0.450. The third-order valence-corrected chi connectivity index (χ3v) is 3.67. The fraction of sp³-hybridized carbons (Fsp3) is 0.267. The number of aryl methyl sites for hydroxylation is 2. The summed E-state index contributed by atoms with van der Waals surface area (Å²) < 4.78 is 7.06. The highest BCUT2D eigenvalue weighted by molar-refractivity contribution is 6.16. The zero-order chi connectivity index (χ0) is 15.0. The number of hydrogen-bond donors (Lipinski definition) is 0. The Balaban J connectivity index is 2.16. The maximum Gasteiger partial charge on any atom is 0.261 e. The third-order valence-electron chi connectivity index (χ3n) is 3.43. The molecule has 2 heterocycles. The smallest absolute Gasteiger partial charge is 0.261 e. The van der Waals surface area contributed by atoms with E-state index in [1.165, 1.54) is 4.57 Å². The van der Waals surface area contributed by atoms with Crippen molar-refractivity contribution in [1.82, 2.24) is 14.5 Å². The predicted octanol–water partition coefficient (Wildman–Crippen LogP) is 2.79. The van der Waals surface area contributed by atoms with Gasteiger partial charge in [0.2, 0.25) is 5.89 Å². The van der Waals surface area contributed by atoms with Gasteiger partial charge in [-0.15, -0.1) is 11.6 Å². The van der Waals surface area contributed by atoms with E-state index in [1.807, 2.05) is 26.0 Å². The van der Waals surface area contributed by atoms with Crippen molar-refractivity contribution in [2.24, 2.45) is 0 Å². The van der Waals surface area contributed by atoms with Crippen molar-refractivity contribution in [1.29, 1.82) is 0 Å². The van der Waals surface area contributed by atoms with E-state index in [0.29, 0.717) is 22.6 Å². The maximum absolute atomic E-state index is 12.6. The average Bonchev–Trinajstić information content (AvgIpc) is 2.80. The maximum atomic E-state index is 12.6. The number of nitrogens with zero attached hydrogens (tertiary/aromatic N) is 3. The molecule has 6 heteroatoms. The van der Waals surface area contributed by atoms with E-state index in [2.05, 4.69) is 9.97 Å². The lowest BCUT2D eigenvalue weighted by Crippen LogP contribution is -2.25. The lowest BCUT2D eigenvalue weighted by Gasteiger charge is -2.09. The van der Waals surface area contributed by atoms with E-state index >= 15 is 0 Å². The summed E-state index contributed by atoms with van der Waals surface area (Å²) in [7, 11) is 0. The van der Waals surface area contributed by atoms with Crippen LogP contribution in [0.2, 0.25) is 0 Å². The number of alkyl halides is 1. The highest BCUT2D eigenvalue weighted by Gasteiger charge is 2.13. The Labute approximate surface area is 126 Å².